The minimum absolute atomic E-state index is 0.0121. The quantitative estimate of drug-likeness (QED) is 0.366. The minimum Gasteiger partial charge on any atom is -0.494 e. The summed E-state index contributed by atoms with van der Waals surface area (Å²) in [5.74, 6) is 0.538. The number of amidine groups is 1. The highest BCUT2D eigenvalue weighted by Gasteiger charge is 2.34. The summed E-state index contributed by atoms with van der Waals surface area (Å²) in [4.78, 5) is 15.0. The Labute approximate surface area is 208 Å². The van der Waals surface area contributed by atoms with E-state index in [-0.39, 0.29) is 30.1 Å². The zero-order valence-corrected chi connectivity index (χ0v) is 22.0. The average Bonchev–Trinajstić information content (AvgIpc) is 3.12. The number of halogens is 2. The van der Waals surface area contributed by atoms with Gasteiger partial charge < -0.3 is 24.8 Å². The molecule has 2 aromatic carbocycles. The Kier molecular flexibility index (Phi) is 7.75. The van der Waals surface area contributed by atoms with Crippen molar-refractivity contribution in [2.75, 3.05) is 32.6 Å². The third-order valence-electron chi connectivity index (χ3n) is 5.61. The summed E-state index contributed by atoms with van der Waals surface area (Å²) >= 11 is 3.11. The molecule has 0 unspecified atom stereocenters. The molecule has 0 aromatic heterocycles. The van der Waals surface area contributed by atoms with Crippen LogP contribution in [0.1, 0.15) is 61.7 Å². The molecule has 0 bridgehead atoms. The van der Waals surface area contributed by atoms with Crippen LogP contribution < -0.4 is 19.9 Å². The van der Waals surface area contributed by atoms with Crippen molar-refractivity contribution in [3.63, 3.8) is 0 Å². The number of carbonyl (C=O) groups is 1. The summed E-state index contributed by atoms with van der Waals surface area (Å²) in [5.41, 5.74) is 8.58. The molecule has 1 aliphatic heterocycles. The van der Waals surface area contributed by atoms with E-state index in [0.29, 0.717) is 52.9 Å². The molecule has 2 N–H and O–H groups in total. The molecule has 0 aliphatic carbocycles. The van der Waals surface area contributed by atoms with Gasteiger partial charge in [-0.1, -0.05) is 20.8 Å². The normalized spacial score (nSPS) is 14.4. The first kappa shape index (κ1) is 25.8. The molecule has 184 valence electrons. The standard InChI is InChI=1S/C25H31BrFN3O4/c1-7-33-19-11-15-12-30(24(29-26)20(15)21(27)23(19)34-8-2)13-18(31)14-9-16(25(3,4)5)22(32-6)17(28)10-14/h9-11H,7-8,12-13,28H2,1-6H3. The number of Topliss-reactive ketones (excluding diaryl/α,β-unsaturated/α-hetero) is 1. The van der Waals surface area contributed by atoms with Crippen molar-refractivity contribution in [1.29, 1.82) is 0 Å². The predicted octanol–water partition coefficient (Wildman–Crippen LogP) is 5.27. The van der Waals surface area contributed by atoms with E-state index in [9.17, 15) is 4.79 Å². The second-order valence-corrected chi connectivity index (χ2v) is 9.36. The van der Waals surface area contributed by atoms with E-state index in [4.69, 9.17) is 19.9 Å². The van der Waals surface area contributed by atoms with Gasteiger partial charge in [-0.05, 0) is 43.0 Å². The summed E-state index contributed by atoms with van der Waals surface area (Å²) in [6.45, 7) is 10.6. The van der Waals surface area contributed by atoms with Gasteiger partial charge in [-0.3, -0.25) is 4.79 Å². The molecule has 0 amide bonds. The number of fused-ring (bicyclic) bond motifs is 1. The highest BCUT2D eigenvalue weighted by molar-refractivity contribution is 9.08. The molecule has 2 aromatic rings. The molecule has 3 rings (SSSR count). The molecule has 1 heterocycles. The second-order valence-electron chi connectivity index (χ2n) is 9.00. The Morgan fingerprint density at radius 3 is 2.41 bits per heavy atom. The lowest BCUT2D eigenvalue weighted by molar-refractivity contribution is 0.0963. The number of nitrogens with two attached hydrogens (primary N) is 1. The number of ether oxygens (including phenoxy) is 3. The van der Waals surface area contributed by atoms with E-state index >= 15 is 4.39 Å². The van der Waals surface area contributed by atoms with Crippen LogP contribution >= 0.6 is 16.1 Å². The molecule has 9 heteroatoms. The second kappa shape index (κ2) is 10.2. The van der Waals surface area contributed by atoms with E-state index in [1.165, 1.54) is 0 Å². The van der Waals surface area contributed by atoms with E-state index in [1.54, 1.807) is 31.1 Å². The van der Waals surface area contributed by atoms with Gasteiger partial charge in [0.25, 0.3) is 0 Å². The lowest BCUT2D eigenvalue weighted by Gasteiger charge is -2.24. The maximum absolute atomic E-state index is 15.5. The molecule has 0 fully saturated rings. The minimum atomic E-state index is -0.556. The summed E-state index contributed by atoms with van der Waals surface area (Å²) in [6, 6.07) is 5.18. The lowest BCUT2D eigenvalue weighted by Crippen LogP contribution is -2.31. The van der Waals surface area contributed by atoms with Gasteiger partial charge in [0.15, 0.2) is 23.1 Å². The van der Waals surface area contributed by atoms with Gasteiger partial charge in [0.1, 0.15) is 11.6 Å². The van der Waals surface area contributed by atoms with Gasteiger partial charge >= 0.3 is 0 Å². The lowest BCUT2D eigenvalue weighted by atomic mass is 9.84. The Morgan fingerprint density at radius 2 is 1.85 bits per heavy atom. The Bertz CT molecular complexity index is 1130. The van der Waals surface area contributed by atoms with Crippen LogP contribution in [0.15, 0.2) is 22.2 Å². The van der Waals surface area contributed by atoms with E-state index in [1.807, 2.05) is 33.8 Å². The van der Waals surface area contributed by atoms with Gasteiger partial charge in [0, 0.05) is 17.7 Å². The Morgan fingerprint density at radius 1 is 1.18 bits per heavy atom. The van der Waals surface area contributed by atoms with Gasteiger partial charge in [0.05, 0.1) is 54.3 Å². The van der Waals surface area contributed by atoms with Gasteiger partial charge in [-0.2, -0.15) is 4.02 Å². The summed E-state index contributed by atoms with van der Waals surface area (Å²) < 4.78 is 36.2. The number of rotatable bonds is 8. The maximum Gasteiger partial charge on any atom is 0.197 e. The van der Waals surface area contributed by atoms with Crippen molar-refractivity contribution >= 4 is 33.5 Å². The molecule has 0 radical (unpaired) electrons. The molecule has 0 saturated carbocycles. The molecule has 7 nitrogen and oxygen atoms in total. The van der Waals surface area contributed by atoms with Crippen LogP contribution in [0.25, 0.3) is 0 Å². The number of ketones is 1. The largest absolute Gasteiger partial charge is 0.494 e. The van der Waals surface area contributed by atoms with Crippen LogP contribution in [-0.2, 0) is 12.0 Å². The third kappa shape index (κ3) is 4.85. The Hall–Kier alpha value is -2.81. The van der Waals surface area contributed by atoms with Crippen molar-refractivity contribution in [3.8, 4) is 17.2 Å². The van der Waals surface area contributed by atoms with Crippen LogP contribution in [0.5, 0.6) is 17.2 Å². The van der Waals surface area contributed by atoms with E-state index < -0.39 is 5.82 Å². The van der Waals surface area contributed by atoms with Crippen LogP contribution in [-0.4, -0.2) is 43.4 Å². The van der Waals surface area contributed by atoms with Gasteiger partial charge in [-0.15, -0.1) is 0 Å². The number of hydrogen-bond acceptors (Lipinski definition) is 6. The third-order valence-corrected chi connectivity index (χ3v) is 5.94. The molecule has 0 atom stereocenters. The number of hydrogen-bond donors (Lipinski definition) is 1. The van der Waals surface area contributed by atoms with Crippen LogP contribution in [0, 0.1) is 5.82 Å². The summed E-state index contributed by atoms with van der Waals surface area (Å²) in [6.07, 6.45) is 0. The SMILES string of the molecule is CCOc1cc2c(c(F)c1OCC)C(=NBr)N(CC(=O)c1cc(N)c(OC)c(C(C)(C)C)c1)C2. The van der Waals surface area contributed by atoms with Crippen molar-refractivity contribution in [2.45, 2.75) is 46.6 Å². The smallest absolute Gasteiger partial charge is 0.197 e. The maximum atomic E-state index is 15.5. The topological polar surface area (TPSA) is 86.4 Å². The zero-order chi connectivity index (χ0) is 25.2. The number of benzene rings is 2. The summed E-state index contributed by atoms with van der Waals surface area (Å²) in [5, 5.41) is 0. The van der Waals surface area contributed by atoms with Gasteiger partial charge in [0.2, 0.25) is 0 Å². The average molecular weight is 536 g/mol. The number of nitrogens with zero attached hydrogens (tertiary/aromatic N) is 2. The van der Waals surface area contributed by atoms with Gasteiger partial charge in [-0.25, -0.2) is 4.39 Å². The highest BCUT2D eigenvalue weighted by Crippen LogP contribution is 2.40. The van der Waals surface area contributed by atoms with Crippen molar-refractivity contribution < 1.29 is 23.4 Å². The Balaban J connectivity index is 1.97. The van der Waals surface area contributed by atoms with Crippen LogP contribution in [0.3, 0.4) is 0 Å². The van der Waals surface area contributed by atoms with Crippen molar-refractivity contribution in [3.05, 3.63) is 46.3 Å². The fraction of sp³-hybridized carbons (Fsp3) is 0.440. The number of methoxy groups -OCH3 is 1. The molecule has 0 saturated heterocycles. The zero-order valence-electron chi connectivity index (χ0n) is 20.4. The predicted molar refractivity (Wildman–Crippen MR) is 135 cm³/mol. The monoisotopic (exact) mass is 535 g/mol. The highest BCUT2D eigenvalue weighted by atomic mass is 79.9. The first-order valence-corrected chi connectivity index (χ1v) is 11.8. The molecule has 1 aliphatic rings. The first-order valence-electron chi connectivity index (χ1n) is 11.1. The van der Waals surface area contributed by atoms with E-state index in [2.05, 4.69) is 20.2 Å². The fourth-order valence-electron chi connectivity index (χ4n) is 4.09. The molecule has 34 heavy (non-hydrogen) atoms. The van der Waals surface area contributed by atoms with Crippen LogP contribution in [0.4, 0.5) is 10.1 Å². The number of nitrogen functional groups attached to an aromatic ring is 1. The van der Waals surface area contributed by atoms with Crippen molar-refractivity contribution in [1.82, 2.24) is 4.90 Å². The molecular formula is C25H31BrFN3O4. The first-order chi connectivity index (χ1) is 16.1. The number of carbonyl (C=O) groups excluding carboxylic acids is 1. The molecule has 0 spiro atoms. The van der Waals surface area contributed by atoms with Crippen molar-refractivity contribution in [2.24, 2.45) is 4.02 Å². The van der Waals surface area contributed by atoms with Crippen LogP contribution in [0.2, 0.25) is 0 Å². The molecular weight excluding hydrogens is 505 g/mol. The van der Waals surface area contributed by atoms with E-state index in [0.717, 1.165) is 5.56 Å². The summed E-state index contributed by atoms with van der Waals surface area (Å²) in [7, 11) is 1.56. The fourth-order valence-corrected chi connectivity index (χ4v) is 4.50. The number of anilines is 1.